The number of rotatable bonds is 8. The minimum Gasteiger partial charge on any atom is -0.492 e. The van der Waals surface area contributed by atoms with Crippen molar-refractivity contribution in [2.24, 2.45) is 34.5 Å². The van der Waals surface area contributed by atoms with Gasteiger partial charge in [-0.25, -0.2) is 9.18 Å². The van der Waals surface area contributed by atoms with Crippen LogP contribution in [0.3, 0.4) is 0 Å². The van der Waals surface area contributed by atoms with E-state index < -0.39 is 45.5 Å². The van der Waals surface area contributed by atoms with Gasteiger partial charge in [-0.1, -0.05) is 25.5 Å². The average molecular weight is 758 g/mol. The van der Waals surface area contributed by atoms with E-state index in [1.165, 1.54) is 19.4 Å². The number of benzene rings is 1. The fourth-order valence-electron chi connectivity index (χ4n) is 12.3. The number of Topliss-reactive ketones (excluding diaryl/α,β-unsaturated/α-hetero) is 1. The summed E-state index contributed by atoms with van der Waals surface area (Å²) in [6, 6.07) is 1.49. The topological polar surface area (TPSA) is 147 Å². The van der Waals surface area contributed by atoms with Crippen LogP contribution in [-0.2, 0) is 14.3 Å². The molecular weight excluding hydrogens is 705 g/mol. The molecule has 6 fully saturated rings. The lowest BCUT2D eigenvalue weighted by Gasteiger charge is -2.59. The summed E-state index contributed by atoms with van der Waals surface area (Å²) in [7, 11) is 1.48. The Morgan fingerprint density at radius 3 is 2.65 bits per heavy atom. The number of esters is 1. The number of fused-ring (bicyclic) bond motifs is 7. The van der Waals surface area contributed by atoms with Crippen LogP contribution in [0.15, 0.2) is 40.9 Å². The molecular formula is C43H52FN3O8. The van der Waals surface area contributed by atoms with Crippen LogP contribution in [-0.4, -0.2) is 83.4 Å². The van der Waals surface area contributed by atoms with Crippen LogP contribution in [0, 0.1) is 40.3 Å². The van der Waals surface area contributed by atoms with E-state index in [0.717, 1.165) is 50.6 Å². The maximum Gasteiger partial charge on any atom is 0.343 e. The number of methoxy groups -OCH3 is 1. The number of ketones is 2. The minimum absolute atomic E-state index is 0.00741. The molecule has 3 unspecified atom stereocenters. The monoisotopic (exact) mass is 757 g/mol. The summed E-state index contributed by atoms with van der Waals surface area (Å²) in [6.07, 6.45) is 12.1. The van der Waals surface area contributed by atoms with Gasteiger partial charge in [0.15, 0.2) is 23.1 Å². The lowest BCUT2D eigenvalue weighted by molar-refractivity contribution is -0.177. The standard InChI is InChI=1S/C43H52FN3O8/c1-41-13-10-26(48)17-24(41)6-9-27-30-11-14-43(53,42(30,2)19-33(49)35(27)41)34(50)12-16-55-40(52)29-21-47(25-7-8-25)36-28(38(29)51)18-31(44)37(39(36)54-3)46-20-23-5-4-15-45-32(23)22-46/h10,13,17-18,21,23,25,27,30,32-33,35,45,49,53H,4-9,11-12,14-16,19-20,22H2,1-3H3/t23?,27-,30-,32?,33-,35?,41-,42-,43-/m1/s1. The number of piperidine rings is 1. The van der Waals surface area contributed by atoms with Gasteiger partial charge in [0.1, 0.15) is 16.9 Å². The van der Waals surface area contributed by atoms with E-state index in [1.54, 1.807) is 12.2 Å². The van der Waals surface area contributed by atoms with E-state index in [2.05, 4.69) is 12.2 Å². The quantitative estimate of drug-likeness (QED) is 0.321. The molecule has 2 aromatic rings. The molecule has 0 amide bonds. The van der Waals surface area contributed by atoms with Crippen molar-refractivity contribution in [1.29, 1.82) is 0 Å². The highest BCUT2D eigenvalue weighted by Gasteiger charge is 2.68. The van der Waals surface area contributed by atoms with E-state index in [-0.39, 0.29) is 78.2 Å². The van der Waals surface area contributed by atoms with Gasteiger partial charge in [-0.2, -0.15) is 0 Å². The molecule has 294 valence electrons. The summed E-state index contributed by atoms with van der Waals surface area (Å²) in [5.74, 6) is -1.38. The Labute approximate surface area is 319 Å². The zero-order valence-corrected chi connectivity index (χ0v) is 31.9. The number of ether oxygens (including phenoxy) is 2. The fourth-order valence-corrected chi connectivity index (χ4v) is 12.3. The Kier molecular flexibility index (Phi) is 8.75. The van der Waals surface area contributed by atoms with Crippen molar-refractivity contribution in [3.63, 3.8) is 0 Å². The predicted molar refractivity (Wildman–Crippen MR) is 203 cm³/mol. The van der Waals surface area contributed by atoms with Gasteiger partial charge in [0, 0.05) is 54.5 Å². The zero-order chi connectivity index (χ0) is 38.6. The number of allylic oxidation sites excluding steroid dienone is 4. The summed E-state index contributed by atoms with van der Waals surface area (Å²) >= 11 is 0. The van der Waals surface area contributed by atoms with E-state index in [4.69, 9.17) is 9.47 Å². The van der Waals surface area contributed by atoms with Gasteiger partial charge in [0.25, 0.3) is 0 Å². The third-order valence-corrected chi connectivity index (χ3v) is 15.1. The van der Waals surface area contributed by atoms with Gasteiger partial charge in [-0.05, 0) is 100 Å². The van der Waals surface area contributed by atoms with Crippen molar-refractivity contribution >= 4 is 34.1 Å². The van der Waals surface area contributed by atoms with Crippen molar-refractivity contribution in [2.45, 2.75) is 102 Å². The molecule has 9 atom stereocenters. The molecule has 0 bridgehead atoms. The van der Waals surface area contributed by atoms with E-state index in [0.29, 0.717) is 36.6 Å². The molecule has 55 heavy (non-hydrogen) atoms. The highest BCUT2D eigenvalue weighted by Crippen LogP contribution is 2.67. The first-order valence-electron chi connectivity index (χ1n) is 20.3. The number of aliphatic hydroxyl groups excluding tert-OH is 1. The number of nitrogens with zero attached hydrogens (tertiary/aromatic N) is 2. The Morgan fingerprint density at radius 2 is 1.91 bits per heavy atom. The molecule has 3 N–H and O–H groups in total. The fraction of sp³-hybridized carbons (Fsp3) is 0.628. The average Bonchev–Trinajstić information content (AvgIpc) is 3.85. The highest BCUT2D eigenvalue weighted by atomic mass is 19.1. The van der Waals surface area contributed by atoms with Crippen molar-refractivity contribution in [2.75, 3.05) is 38.3 Å². The van der Waals surface area contributed by atoms with E-state index in [1.807, 2.05) is 22.5 Å². The van der Waals surface area contributed by atoms with E-state index in [9.17, 15) is 29.4 Å². The van der Waals surface area contributed by atoms with Crippen LogP contribution in [0.5, 0.6) is 5.75 Å². The lowest BCUT2D eigenvalue weighted by atomic mass is 9.46. The number of halogens is 1. The van der Waals surface area contributed by atoms with Crippen LogP contribution in [0.1, 0.15) is 94.5 Å². The number of nitrogens with one attached hydrogen (secondary N) is 1. The molecule has 3 heterocycles. The first kappa shape index (κ1) is 36.7. The summed E-state index contributed by atoms with van der Waals surface area (Å²) < 4.78 is 29.4. The third kappa shape index (κ3) is 5.51. The number of hydrogen-bond acceptors (Lipinski definition) is 10. The molecule has 0 radical (unpaired) electrons. The van der Waals surface area contributed by atoms with Crippen molar-refractivity contribution in [3.8, 4) is 5.75 Å². The highest BCUT2D eigenvalue weighted by molar-refractivity contribution is 6.01. The molecule has 4 saturated carbocycles. The van der Waals surface area contributed by atoms with Crippen LogP contribution >= 0.6 is 0 Å². The lowest BCUT2D eigenvalue weighted by Crippen LogP contribution is -2.61. The van der Waals surface area contributed by atoms with Crippen molar-refractivity contribution in [3.05, 3.63) is 57.7 Å². The summed E-state index contributed by atoms with van der Waals surface area (Å²) in [5, 5.41) is 27.4. The first-order valence-corrected chi connectivity index (χ1v) is 20.3. The first-order chi connectivity index (χ1) is 26.3. The van der Waals surface area contributed by atoms with Crippen LogP contribution < -0.4 is 20.4 Å². The largest absolute Gasteiger partial charge is 0.492 e. The number of pyridine rings is 1. The SMILES string of the molecule is COc1c(N2CC3CCCNC3C2)c(F)cc2c(=O)c(C(=O)OCCC(=O)[C@]3(O)CC[C@@H]4[C@H]5CCC6=CC(=O)C=C[C@@]6(C)C5[C@H](O)C[C@]43C)cn(C3CC3)c12. The molecule has 2 aliphatic heterocycles. The number of carbonyl (C=O) groups excluding carboxylic acids is 3. The van der Waals surface area contributed by atoms with Crippen molar-refractivity contribution in [1.82, 2.24) is 9.88 Å². The number of anilines is 1. The number of carbonyl (C=O) groups is 3. The second-order valence-electron chi connectivity index (χ2n) is 17.9. The van der Waals surface area contributed by atoms with Gasteiger partial charge in [-0.3, -0.25) is 14.4 Å². The number of hydrogen-bond donors (Lipinski definition) is 3. The third-order valence-electron chi connectivity index (χ3n) is 15.1. The zero-order valence-electron chi connectivity index (χ0n) is 31.9. The molecule has 0 spiro atoms. The van der Waals surface area contributed by atoms with Crippen molar-refractivity contribution < 1.29 is 38.5 Å². The summed E-state index contributed by atoms with van der Waals surface area (Å²) in [6.45, 7) is 5.90. The minimum atomic E-state index is -1.72. The van der Waals surface area contributed by atoms with Gasteiger partial charge in [-0.15, -0.1) is 0 Å². The summed E-state index contributed by atoms with van der Waals surface area (Å²) in [5.41, 5.74) is -2.16. The van der Waals surface area contributed by atoms with Gasteiger partial charge < -0.3 is 34.5 Å². The molecule has 7 aliphatic rings. The molecule has 2 saturated heterocycles. The molecule has 1 aromatic carbocycles. The van der Waals surface area contributed by atoms with Gasteiger partial charge in [0.2, 0.25) is 5.43 Å². The normalized spacial score (nSPS) is 36.5. The van der Waals surface area contributed by atoms with Crippen LogP contribution in [0.4, 0.5) is 10.1 Å². The molecule has 9 rings (SSSR count). The van der Waals surface area contributed by atoms with E-state index >= 15 is 4.39 Å². The number of aromatic nitrogens is 1. The second-order valence-corrected chi connectivity index (χ2v) is 17.9. The maximum atomic E-state index is 16.1. The Morgan fingerprint density at radius 1 is 1.11 bits per heavy atom. The predicted octanol–water partition coefficient (Wildman–Crippen LogP) is 4.80. The molecule has 12 heteroatoms. The molecule has 1 aromatic heterocycles. The summed E-state index contributed by atoms with van der Waals surface area (Å²) in [4.78, 5) is 55.7. The second kappa shape index (κ2) is 13.1. The smallest absolute Gasteiger partial charge is 0.343 e. The van der Waals surface area contributed by atoms with Gasteiger partial charge in [0.05, 0.1) is 30.7 Å². The number of aliphatic hydroxyl groups is 2. The Balaban J connectivity index is 0.933. The van der Waals surface area contributed by atoms with Gasteiger partial charge >= 0.3 is 5.97 Å². The van der Waals surface area contributed by atoms with Crippen LogP contribution in [0.2, 0.25) is 0 Å². The maximum absolute atomic E-state index is 16.1. The molecule has 5 aliphatic carbocycles. The Hall–Kier alpha value is -3.87. The Bertz CT molecular complexity index is 2090. The van der Waals surface area contributed by atoms with Crippen LogP contribution in [0.25, 0.3) is 10.9 Å². The molecule has 11 nitrogen and oxygen atoms in total.